The van der Waals surface area contributed by atoms with E-state index in [-0.39, 0.29) is 35.1 Å². The van der Waals surface area contributed by atoms with Crippen molar-refractivity contribution in [1.82, 2.24) is 4.90 Å². The molecule has 1 aliphatic carbocycles. The Morgan fingerprint density at radius 3 is 2.03 bits per heavy atom. The van der Waals surface area contributed by atoms with Gasteiger partial charge >= 0.3 is 24.1 Å². The summed E-state index contributed by atoms with van der Waals surface area (Å²) in [6, 6.07) is 3.74. The second-order valence-corrected chi connectivity index (χ2v) is 12.7. The molecule has 2 unspecified atom stereocenters. The van der Waals surface area contributed by atoms with Gasteiger partial charge in [0.15, 0.2) is 9.84 Å². The minimum absolute atomic E-state index is 0.167. The number of fused-ring (bicyclic) bond motifs is 3. The summed E-state index contributed by atoms with van der Waals surface area (Å²) in [5.74, 6) is -0.750. The van der Waals surface area contributed by atoms with Crippen LogP contribution in [-0.2, 0) is 31.4 Å². The van der Waals surface area contributed by atoms with E-state index in [0.29, 0.717) is 6.07 Å². The average molecular weight is 586 g/mol. The maximum atomic E-state index is 14.8. The summed E-state index contributed by atoms with van der Waals surface area (Å²) in [5, 5.41) is 0. The molecule has 0 N–H and O–H groups in total. The van der Waals surface area contributed by atoms with Crippen LogP contribution in [-0.4, -0.2) is 50.0 Å². The van der Waals surface area contributed by atoms with Crippen LogP contribution in [0.1, 0.15) is 43.9 Å². The van der Waals surface area contributed by atoms with Crippen LogP contribution in [0, 0.1) is 5.82 Å². The van der Waals surface area contributed by atoms with Gasteiger partial charge in [-0.3, -0.25) is 0 Å². The van der Waals surface area contributed by atoms with Gasteiger partial charge in [0.05, 0.1) is 10.9 Å². The SMILES string of the molecule is CC(C)(C)OC(=O)N1CCC2(S(=O)(=O)c3ccc(F)cc3)c3ccc(C(F)(C(F)(F)F)C(F)(F)F)cc3CC12. The van der Waals surface area contributed by atoms with Crippen molar-refractivity contribution in [2.75, 3.05) is 6.54 Å². The molecular weight excluding hydrogens is 562 g/mol. The topological polar surface area (TPSA) is 63.7 Å². The number of carbonyl (C=O) groups is 1. The smallest absolute Gasteiger partial charge is 0.435 e. The van der Waals surface area contributed by atoms with Crippen molar-refractivity contribution in [3.05, 3.63) is 65.0 Å². The summed E-state index contributed by atoms with van der Waals surface area (Å²) >= 11 is 0. The third-order valence-electron chi connectivity index (χ3n) is 7.02. The Balaban J connectivity index is 1.92. The minimum atomic E-state index is -6.37. The summed E-state index contributed by atoms with van der Waals surface area (Å²) < 4.78 is 140. The largest absolute Gasteiger partial charge is 0.444 e. The summed E-state index contributed by atoms with van der Waals surface area (Å²) in [6.45, 7) is 4.48. The average Bonchev–Trinajstić information content (AvgIpc) is 3.31. The fourth-order valence-corrected chi connectivity index (χ4v) is 7.69. The molecule has 2 atom stereocenters. The van der Waals surface area contributed by atoms with E-state index in [4.69, 9.17) is 4.74 Å². The van der Waals surface area contributed by atoms with Crippen LogP contribution < -0.4 is 0 Å². The normalized spacial score (nSPS) is 22.0. The second kappa shape index (κ2) is 8.80. The van der Waals surface area contributed by atoms with Crippen LogP contribution in [0.15, 0.2) is 47.4 Å². The van der Waals surface area contributed by atoms with Crippen molar-refractivity contribution in [2.24, 2.45) is 0 Å². The molecule has 1 fully saturated rings. The Bertz CT molecular complexity index is 1380. The number of alkyl halides is 7. The first-order valence-corrected chi connectivity index (χ1v) is 13.1. The van der Waals surface area contributed by atoms with E-state index < -0.39 is 68.1 Å². The van der Waals surface area contributed by atoms with E-state index in [1.807, 2.05) is 0 Å². The van der Waals surface area contributed by atoms with Crippen molar-refractivity contribution < 1.29 is 53.1 Å². The van der Waals surface area contributed by atoms with E-state index in [9.17, 15) is 48.3 Å². The number of nitrogens with zero attached hydrogens (tertiary/aromatic N) is 1. The molecule has 5 nitrogen and oxygen atoms in total. The number of sulfone groups is 1. The van der Waals surface area contributed by atoms with Gasteiger partial charge in [-0.15, -0.1) is 0 Å². The van der Waals surface area contributed by atoms with Crippen LogP contribution in [0.5, 0.6) is 0 Å². The lowest BCUT2D eigenvalue weighted by molar-refractivity contribution is -0.348. The molecule has 1 amide bonds. The fourth-order valence-electron chi connectivity index (χ4n) is 5.36. The standard InChI is InChI=1S/C25H23F8NO4S/c1-21(2,3)38-20(35)34-11-10-22(39(36,37)17-7-5-16(26)6-8-17)18-9-4-15(12-14(18)13-19(22)34)23(27,24(28,29)30)25(31,32)33/h4-9,12,19H,10-11,13H2,1-3H3. The summed E-state index contributed by atoms with van der Waals surface area (Å²) in [5.41, 5.74) is -8.96. The lowest BCUT2D eigenvalue weighted by Gasteiger charge is -2.34. The number of carbonyl (C=O) groups excluding carboxylic acids is 1. The van der Waals surface area contributed by atoms with Gasteiger partial charge in [-0.2, -0.15) is 26.3 Å². The van der Waals surface area contributed by atoms with Crippen LogP contribution >= 0.6 is 0 Å². The number of likely N-dealkylation sites (tertiary alicyclic amines) is 1. The molecule has 39 heavy (non-hydrogen) atoms. The Kier molecular flexibility index (Phi) is 6.56. The van der Waals surface area contributed by atoms with Gasteiger partial charge in [0.25, 0.3) is 0 Å². The zero-order valence-corrected chi connectivity index (χ0v) is 21.6. The molecule has 0 radical (unpaired) electrons. The highest BCUT2D eigenvalue weighted by Gasteiger charge is 2.74. The predicted molar refractivity (Wildman–Crippen MR) is 122 cm³/mol. The predicted octanol–water partition coefficient (Wildman–Crippen LogP) is 6.35. The highest BCUT2D eigenvalue weighted by Crippen LogP contribution is 2.57. The quantitative estimate of drug-likeness (QED) is 0.311. The van der Waals surface area contributed by atoms with Gasteiger partial charge in [0.2, 0.25) is 0 Å². The molecule has 214 valence electrons. The molecule has 2 aliphatic rings. The van der Waals surface area contributed by atoms with Gasteiger partial charge in [0, 0.05) is 12.1 Å². The number of hydrogen-bond acceptors (Lipinski definition) is 4. The summed E-state index contributed by atoms with van der Waals surface area (Å²) in [6.07, 6.45) is -14.5. The first-order valence-electron chi connectivity index (χ1n) is 11.6. The molecule has 2 aromatic rings. The number of halogens is 8. The summed E-state index contributed by atoms with van der Waals surface area (Å²) in [4.78, 5) is 13.7. The number of benzene rings is 2. The van der Waals surface area contributed by atoms with E-state index in [1.54, 1.807) is 20.8 Å². The van der Waals surface area contributed by atoms with Crippen molar-refractivity contribution in [3.8, 4) is 0 Å². The van der Waals surface area contributed by atoms with E-state index in [0.717, 1.165) is 35.2 Å². The fraction of sp³-hybridized carbons (Fsp3) is 0.480. The zero-order chi connectivity index (χ0) is 29.4. The third kappa shape index (κ3) is 4.34. The second-order valence-electron chi connectivity index (χ2n) is 10.5. The molecule has 0 aromatic heterocycles. The molecule has 4 rings (SSSR count). The first kappa shape index (κ1) is 29.1. The van der Waals surface area contributed by atoms with Crippen LogP contribution in [0.25, 0.3) is 0 Å². The van der Waals surface area contributed by atoms with Crippen LogP contribution in [0.3, 0.4) is 0 Å². The number of rotatable bonds is 3. The van der Waals surface area contributed by atoms with Gasteiger partial charge in [-0.05, 0) is 69.0 Å². The number of hydrogen-bond donors (Lipinski definition) is 0. The van der Waals surface area contributed by atoms with Crippen LogP contribution in [0.2, 0.25) is 0 Å². The third-order valence-corrected chi connectivity index (χ3v) is 9.57. The van der Waals surface area contributed by atoms with Crippen molar-refractivity contribution in [2.45, 2.75) is 72.9 Å². The Morgan fingerprint density at radius 1 is 0.949 bits per heavy atom. The van der Waals surface area contributed by atoms with Crippen molar-refractivity contribution in [1.29, 1.82) is 0 Å². The van der Waals surface area contributed by atoms with Gasteiger partial charge in [-0.1, -0.05) is 18.2 Å². The van der Waals surface area contributed by atoms with E-state index in [2.05, 4.69) is 0 Å². The Labute approximate surface area is 218 Å². The van der Waals surface area contributed by atoms with Crippen LogP contribution in [0.4, 0.5) is 39.9 Å². The first-order chi connectivity index (χ1) is 17.7. The summed E-state index contributed by atoms with van der Waals surface area (Å²) in [7, 11) is -4.54. The minimum Gasteiger partial charge on any atom is -0.444 e. The van der Waals surface area contributed by atoms with Crippen molar-refractivity contribution in [3.63, 3.8) is 0 Å². The van der Waals surface area contributed by atoms with Gasteiger partial charge in [-0.25, -0.2) is 22.0 Å². The number of ether oxygens (including phenoxy) is 1. The molecule has 0 spiro atoms. The van der Waals surface area contributed by atoms with E-state index >= 15 is 0 Å². The molecule has 0 bridgehead atoms. The molecule has 2 aromatic carbocycles. The zero-order valence-electron chi connectivity index (χ0n) is 20.8. The number of amides is 1. The molecule has 1 heterocycles. The Morgan fingerprint density at radius 2 is 1.51 bits per heavy atom. The highest BCUT2D eigenvalue weighted by molar-refractivity contribution is 7.92. The van der Waals surface area contributed by atoms with Crippen molar-refractivity contribution >= 4 is 15.9 Å². The van der Waals surface area contributed by atoms with Gasteiger partial charge in [0.1, 0.15) is 16.2 Å². The Hall–Kier alpha value is -2.90. The maximum Gasteiger partial charge on any atom is 0.435 e. The monoisotopic (exact) mass is 585 g/mol. The lowest BCUT2D eigenvalue weighted by Crippen LogP contribution is -2.50. The molecule has 14 heteroatoms. The van der Waals surface area contributed by atoms with Gasteiger partial charge < -0.3 is 9.64 Å². The lowest BCUT2D eigenvalue weighted by atomic mass is 9.90. The molecular formula is C25H23F8NO4S. The maximum absolute atomic E-state index is 14.8. The molecule has 1 aliphatic heterocycles. The molecule has 0 saturated carbocycles. The van der Waals surface area contributed by atoms with E-state index in [1.165, 1.54) is 0 Å². The molecule has 1 saturated heterocycles. The highest BCUT2D eigenvalue weighted by atomic mass is 32.2.